The van der Waals surface area contributed by atoms with Crippen LogP contribution in [0.1, 0.15) is 12.8 Å². The van der Waals surface area contributed by atoms with Gasteiger partial charge in [-0.3, -0.25) is 10.1 Å². The zero-order valence-electron chi connectivity index (χ0n) is 11.0. The van der Waals surface area contributed by atoms with Crippen LogP contribution in [0.2, 0.25) is 0 Å². The van der Waals surface area contributed by atoms with Gasteiger partial charge in [-0.25, -0.2) is 0 Å². The van der Waals surface area contributed by atoms with Gasteiger partial charge >= 0.3 is 5.69 Å². The molecule has 6 nitrogen and oxygen atoms in total. The van der Waals surface area contributed by atoms with Gasteiger partial charge in [0.15, 0.2) is 5.75 Å². The fourth-order valence-corrected chi connectivity index (χ4v) is 2.36. The Labute approximate surface area is 112 Å². The van der Waals surface area contributed by atoms with Crippen molar-refractivity contribution in [2.45, 2.75) is 12.8 Å². The number of nitro groups is 1. The van der Waals surface area contributed by atoms with Crippen LogP contribution in [0.15, 0.2) is 18.2 Å². The number of nitro benzene ring substituents is 1. The normalized spacial score (nSPS) is 16.1. The number of nitrogens with one attached hydrogen (secondary N) is 2. The van der Waals surface area contributed by atoms with E-state index in [0.29, 0.717) is 17.4 Å². The van der Waals surface area contributed by atoms with Crippen LogP contribution in [0.4, 0.5) is 11.4 Å². The maximum atomic E-state index is 11.1. The van der Waals surface area contributed by atoms with Crippen LogP contribution in [-0.4, -0.2) is 31.7 Å². The van der Waals surface area contributed by atoms with Crippen molar-refractivity contribution in [3.05, 3.63) is 28.3 Å². The van der Waals surface area contributed by atoms with Crippen molar-refractivity contribution in [1.82, 2.24) is 5.32 Å². The molecule has 0 spiro atoms. The summed E-state index contributed by atoms with van der Waals surface area (Å²) in [5, 5.41) is 17.6. The van der Waals surface area contributed by atoms with Gasteiger partial charge in [0.1, 0.15) is 5.69 Å². The monoisotopic (exact) mass is 265 g/mol. The van der Waals surface area contributed by atoms with Gasteiger partial charge in [0.2, 0.25) is 0 Å². The molecule has 1 aromatic rings. The average molecular weight is 265 g/mol. The predicted octanol–water partition coefficient (Wildman–Crippen LogP) is 2.01. The molecule has 1 fully saturated rings. The van der Waals surface area contributed by atoms with Crippen molar-refractivity contribution in [2.75, 3.05) is 32.1 Å². The van der Waals surface area contributed by atoms with Gasteiger partial charge in [0, 0.05) is 6.54 Å². The molecule has 6 heteroatoms. The first-order chi connectivity index (χ1) is 9.22. The summed E-state index contributed by atoms with van der Waals surface area (Å²) in [6.07, 6.45) is 2.20. The number of anilines is 1. The van der Waals surface area contributed by atoms with Gasteiger partial charge in [0.25, 0.3) is 0 Å². The molecule has 0 bridgehead atoms. The number of nitrogens with zero attached hydrogens (tertiary/aromatic N) is 1. The van der Waals surface area contributed by atoms with Gasteiger partial charge in [-0.1, -0.05) is 6.07 Å². The lowest BCUT2D eigenvalue weighted by molar-refractivity contribution is -0.384. The van der Waals surface area contributed by atoms with Crippen LogP contribution in [0, 0.1) is 16.0 Å². The Morgan fingerprint density at radius 3 is 2.84 bits per heavy atom. The summed E-state index contributed by atoms with van der Waals surface area (Å²) in [5.74, 6) is 0.854. The van der Waals surface area contributed by atoms with Crippen LogP contribution < -0.4 is 15.4 Å². The van der Waals surface area contributed by atoms with E-state index in [2.05, 4.69) is 10.6 Å². The van der Waals surface area contributed by atoms with Gasteiger partial charge in [-0.2, -0.15) is 0 Å². The number of ether oxygens (including phenoxy) is 1. The molecular weight excluding hydrogens is 246 g/mol. The highest BCUT2D eigenvalue weighted by molar-refractivity contribution is 5.68. The highest BCUT2D eigenvalue weighted by Gasteiger charge is 2.21. The fourth-order valence-electron chi connectivity index (χ4n) is 2.36. The van der Waals surface area contributed by atoms with E-state index in [9.17, 15) is 10.1 Å². The van der Waals surface area contributed by atoms with Crippen LogP contribution in [0.5, 0.6) is 5.75 Å². The summed E-state index contributed by atoms with van der Waals surface area (Å²) in [6, 6.07) is 5.09. The largest absolute Gasteiger partial charge is 0.490 e. The quantitative estimate of drug-likeness (QED) is 0.629. The van der Waals surface area contributed by atoms with Crippen molar-refractivity contribution in [3.8, 4) is 5.75 Å². The highest BCUT2D eigenvalue weighted by Crippen LogP contribution is 2.34. The molecule has 0 atom stereocenters. The number of piperidine rings is 1. The minimum Gasteiger partial charge on any atom is -0.490 e. The maximum Gasteiger partial charge on any atom is 0.333 e. The van der Waals surface area contributed by atoms with E-state index in [1.54, 1.807) is 18.2 Å². The molecule has 1 aliphatic heterocycles. The number of hydrogen-bond acceptors (Lipinski definition) is 5. The van der Waals surface area contributed by atoms with Gasteiger partial charge in [-0.15, -0.1) is 0 Å². The molecule has 104 valence electrons. The van der Waals surface area contributed by atoms with Gasteiger partial charge in [0.05, 0.1) is 12.0 Å². The summed E-state index contributed by atoms with van der Waals surface area (Å²) in [5.41, 5.74) is 0.543. The Hall–Kier alpha value is -1.82. The zero-order valence-corrected chi connectivity index (χ0v) is 11.0. The molecule has 0 saturated carbocycles. The number of benzene rings is 1. The molecule has 0 aromatic heterocycles. The Balaban J connectivity index is 2.08. The van der Waals surface area contributed by atoms with Crippen LogP contribution in [-0.2, 0) is 0 Å². The summed E-state index contributed by atoms with van der Waals surface area (Å²) >= 11 is 0. The number of methoxy groups -OCH3 is 1. The molecular formula is C13H19N3O3. The lowest BCUT2D eigenvalue weighted by Crippen LogP contribution is -2.31. The standard InChI is InChI=1S/C13H19N3O3/c1-19-12-4-2-3-11(13(12)16(17)18)15-9-10-5-7-14-8-6-10/h2-4,10,14-15H,5-9H2,1H3. The molecule has 2 N–H and O–H groups in total. The van der Waals surface area contributed by atoms with E-state index >= 15 is 0 Å². The molecule has 2 rings (SSSR count). The molecule has 1 heterocycles. The molecule has 0 radical (unpaired) electrons. The highest BCUT2D eigenvalue weighted by atomic mass is 16.6. The fraction of sp³-hybridized carbons (Fsp3) is 0.538. The number of para-hydroxylation sites is 1. The van der Waals surface area contributed by atoms with E-state index in [1.165, 1.54) is 7.11 Å². The maximum absolute atomic E-state index is 11.1. The molecule has 0 unspecified atom stereocenters. The number of rotatable bonds is 5. The minimum atomic E-state index is -0.399. The zero-order chi connectivity index (χ0) is 13.7. The lowest BCUT2D eigenvalue weighted by atomic mass is 9.98. The third-order valence-corrected chi connectivity index (χ3v) is 3.44. The predicted molar refractivity (Wildman–Crippen MR) is 73.7 cm³/mol. The van der Waals surface area contributed by atoms with Crippen molar-refractivity contribution in [3.63, 3.8) is 0 Å². The van der Waals surface area contributed by atoms with Crippen LogP contribution >= 0.6 is 0 Å². The topological polar surface area (TPSA) is 76.4 Å². The third kappa shape index (κ3) is 3.35. The average Bonchev–Trinajstić information content (AvgIpc) is 2.45. The molecule has 0 amide bonds. The van der Waals surface area contributed by atoms with Crippen molar-refractivity contribution in [1.29, 1.82) is 0 Å². The molecule has 0 aliphatic carbocycles. The first-order valence-electron chi connectivity index (χ1n) is 6.48. The second-order valence-corrected chi connectivity index (χ2v) is 4.69. The second kappa shape index (κ2) is 6.38. The summed E-state index contributed by atoms with van der Waals surface area (Å²) in [4.78, 5) is 10.7. The summed E-state index contributed by atoms with van der Waals surface area (Å²) in [6.45, 7) is 2.80. The van der Waals surface area contributed by atoms with Crippen molar-refractivity contribution >= 4 is 11.4 Å². The lowest BCUT2D eigenvalue weighted by Gasteiger charge is -2.23. The first-order valence-corrected chi connectivity index (χ1v) is 6.48. The van der Waals surface area contributed by atoms with Crippen molar-refractivity contribution < 1.29 is 9.66 Å². The van der Waals surface area contributed by atoms with Crippen molar-refractivity contribution in [2.24, 2.45) is 5.92 Å². The second-order valence-electron chi connectivity index (χ2n) is 4.69. The SMILES string of the molecule is COc1cccc(NCC2CCNCC2)c1[N+](=O)[O-]. The van der Waals surface area contributed by atoms with E-state index in [4.69, 9.17) is 4.74 Å². The third-order valence-electron chi connectivity index (χ3n) is 3.44. The molecule has 1 saturated heterocycles. The van der Waals surface area contributed by atoms with E-state index < -0.39 is 4.92 Å². The van der Waals surface area contributed by atoms with Gasteiger partial charge in [-0.05, 0) is 44.0 Å². The van der Waals surface area contributed by atoms with E-state index in [-0.39, 0.29) is 5.69 Å². The van der Waals surface area contributed by atoms with Gasteiger partial charge < -0.3 is 15.4 Å². The molecule has 1 aromatic carbocycles. The van der Waals surface area contributed by atoms with E-state index in [0.717, 1.165) is 32.5 Å². The Bertz CT molecular complexity index is 445. The van der Waals surface area contributed by atoms with E-state index in [1.807, 2.05) is 0 Å². The smallest absolute Gasteiger partial charge is 0.333 e. The Morgan fingerprint density at radius 2 is 2.21 bits per heavy atom. The number of hydrogen-bond donors (Lipinski definition) is 2. The Morgan fingerprint density at radius 1 is 1.47 bits per heavy atom. The minimum absolute atomic E-state index is 0.0129. The van der Waals surface area contributed by atoms with Crippen LogP contribution in [0.3, 0.4) is 0 Å². The Kier molecular flexibility index (Phi) is 4.57. The first kappa shape index (κ1) is 13.6. The molecule has 19 heavy (non-hydrogen) atoms. The summed E-state index contributed by atoms with van der Waals surface area (Å²) < 4.78 is 5.05. The van der Waals surface area contributed by atoms with Crippen LogP contribution in [0.25, 0.3) is 0 Å². The molecule has 1 aliphatic rings. The summed E-state index contributed by atoms with van der Waals surface area (Å²) in [7, 11) is 1.44.